The Balaban J connectivity index is 1.37. The summed E-state index contributed by atoms with van der Waals surface area (Å²) < 4.78 is 44.2. The van der Waals surface area contributed by atoms with E-state index in [1.165, 1.54) is 13.3 Å². The Morgan fingerprint density at radius 2 is 1.90 bits per heavy atom. The molecule has 4 saturated carbocycles. The standard InChI is InChI=1S/C22H24BrClF3NO3/c1-12(19(30)28-17-5-15(22(25,26)27)2-3-16(17)24)31-18(29)10-20-6-13-4-14(7-20)9-21(23,8-13)11-20/h2-3,5,12-14H,4,6-11H2,1H3,(H,28,30)/t12-,13+,14+,20?,21?/m1/s1. The van der Waals surface area contributed by atoms with Crippen LogP contribution in [0.1, 0.15) is 57.4 Å². The molecule has 4 nitrogen and oxygen atoms in total. The molecule has 1 aromatic carbocycles. The van der Waals surface area contributed by atoms with Gasteiger partial charge in [-0.3, -0.25) is 9.59 Å². The number of halogens is 5. The van der Waals surface area contributed by atoms with Gasteiger partial charge in [0.15, 0.2) is 6.10 Å². The Hall–Kier alpha value is -1.28. The van der Waals surface area contributed by atoms with Crippen LogP contribution in [0, 0.1) is 17.3 Å². The molecule has 1 N–H and O–H groups in total. The number of hydrogen-bond acceptors (Lipinski definition) is 3. The van der Waals surface area contributed by atoms with Gasteiger partial charge in [-0.1, -0.05) is 27.5 Å². The molecule has 0 heterocycles. The summed E-state index contributed by atoms with van der Waals surface area (Å²) >= 11 is 9.83. The summed E-state index contributed by atoms with van der Waals surface area (Å²) in [5.74, 6) is 0.0716. The van der Waals surface area contributed by atoms with E-state index in [-0.39, 0.29) is 26.9 Å². The molecule has 4 bridgehead atoms. The normalized spacial score (nSPS) is 32.6. The highest BCUT2D eigenvalue weighted by atomic mass is 79.9. The van der Waals surface area contributed by atoms with Crippen LogP contribution in [0.15, 0.2) is 18.2 Å². The van der Waals surface area contributed by atoms with E-state index in [1.807, 2.05) is 0 Å². The van der Waals surface area contributed by atoms with Gasteiger partial charge in [0.1, 0.15) is 0 Å². The summed E-state index contributed by atoms with van der Waals surface area (Å²) in [6.07, 6.45) is 1.02. The minimum Gasteiger partial charge on any atom is -0.453 e. The van der Waals surface area contributed by atoms with Gasteiger partial charge in [0, 0.05) is 4.32 Å². The number of benzene rings is 1. The smallest absolute Gasteiger partial charge is 0.416 e. The maximum Gasteiger partial charge on any atom is 0.416 e. The minimum absolute atomic E-state index is 0.0314. The Morgan fingerprint density at radius 3 is 2.48 bits per heavy atom. The first-order chi connectivity index (χ1) is 14.4. The third kappa shape index (κ3) is 4.90. The van der Waals surface area contributed by atoms with Crippen LogP contribution in [0.4, 0.5) is 18.9 Å². The number of ether oxygens (including phenoxy) is 1. The lowest BCUT2D eigenvalue weighted by molar-refractivity contribution is -0.159. The molecule has 31 heavy (non-hydrogen) atoms. The lowest BCUT2D eigenvalue weighted by atomic mass is 9.49. The van der Waals surface area contributed by atoms with Crippen LogP contribution in [-0.2, 0) is 20.5 Å². The Labute approximate surface area is 192 Å². The van der Waals surface area contributed by atoms with Gasteiger partial charge in [-0.2, -0.15) is 13.2 Å². The molecule has 0 spiro atoms. The van der Waals surface area contributed by atoms with E-state index >= 15 is 0 Å². The lowest BCUT2D eigenvalue weighted by Crippen LogP contribution is -2.53. The first-order valence-corrected chi connectivity index (χ1v) is 11.6. The van der Waals surface area contributed by atoms with Crippen LogP contribution in [0.5, 0.6) is 0 Å². The first-order valence-electron chi connectivity index (χ1n) is 10.4. The topological polar surface area (TPSA) is 55.4 Å². The van der Waals surface area contributed by atoms with Gasteiger partial charge in [-0.05, 0) is 80.9 Å². The van der Waals surface area contributed by atoms with Crippen LogP contribution < -0.4 is 5.32 Å². The molecule has 9 heteroatoms. The number of rotatable bonds is 5. The van der Waals surface area contributed by atoms with Crippen molar-refractivity contribution in [2.24, 2.45) is 17.3 Å². The van der Waals surface area contributed by atoms with E-state index in [0.717, 1.165) is 50.3 Å². The van der Waals surface area contributed by atoms with Gasteiger partial charge in [0.2, 0.25) is 0 Å². The number of amides is 1. The van der Waals surface area contributed by atoms with E-state index in [9.17, 15) is 22.8 Å². The van der Waals surface area contributed by atoms with Gasteiger partial charge in [-0.25, -0.2) is 0 Å². The third-order valence-electron chi connectivity index (χ3n) is 6.86. The van der Waals surface area contributed by atoms with Crippen molar-refractivity contribution in [3.63, 3.8) is 0 Å². The van der Waals surface area contributed by atoms with Gasteiger partial charge in [0.05, 0.1) is 22.7 Å². The second kappa shape index (κ2) is 7.94. The van der Waals surface area contributed by atoms with E-state index in [0.29, 0.717) is 11.8 Å². The highest BCUT2D eigenvalue weighted by Gasteiger charge is 2.57. The monoisotopic (exact) mass is 521 g/mol. The van der Waals surface area contributed by atoms with Crippen LogP contribution in [-0.4, -0.2) is 22.3 Å². The van der Waals surface area contributed by atoms with Crippen molar-refractivity contribution < 1.29 is 27.5 Å². The van der Waals surface area contributed by atoms with Gasteiger partial charge >= 0.3 is 12.1 Å². The number of anilines is 1. The molecule has 0 radical (unpaired) electrons. The molecule has 0 saturated heterocycles. The zero-order valence-electron chi connectivity index (χ0n) is 17.0. The van der Waals surface area contributed by atoms with Gasteiger partial charge in [0.25, 0.3) is 5.91 Å². The van der Waals surface area contributed by atoms with E-state index < -0.39 is 29.7 Å². The SMILES string of the molecule is C[C@@H](OC(=O)CC12C[C@@H]3C[C@H](CC(Br)(C3)C1)C2)C(=O)Nc1cc(C(F)(F)F)ccc1Cl. The molecule has 1 amide bonds. The number of hydrogen-bond donors (Lipinski definition) is 1. The summed E-state index contributed by atoms with van der Waals surface area (Å²) in [6.45, 7) is 1.40. The van der Waals surface area contributed by atoms with Crippen molar-refractivity contribution in [1.82, 2.24) is 0 Å². The molecule has 5 rings (SSSR count). The van der Waals surface area contributed by atoms with Crippen molar-refractivity contribution in [1.29, 1.82) is 0 Å². The molecule has 1 aromatic rings. The van der Waals surface area contributed by atoms with Crippen LogP contribution in [0.3, 0.4) is 0 Å². The fourth-order valence-electron chi connectivity index (χ4n) is 6.17. The van der Waals surface area contributed by atoms with Gasteiger partial charge < -0.3 is 10.1 Å². The number of carbonyl (C=O) groups is 2. The average molecular weight is 523 g/mol. The lowest BCUT2D eigenvalue weighted by Gasteiger charge is -2.60. The predicted octanol–water partition coefficient (Wildman–Crippen LogP) is 6.35. The summed E-state index contributed by atoms with van der Waals surface area (Å²) in [4.78, 5) is 25.1. The highest BCUT2D eigenvalue weighted by Crippen LogP contribution is 2.65. The molecule has 4 fully saturated rings. The number of carbonyl (C=O) groups excluding carboxylic acids is 2. The van der Waals surface area contributed by atoms with Crippen molar-refractivity contribution in [2.45, 2.75) is 68.5 Å². The number of esters is 1. The molecular weight excluding hydrogens is 499 g/mol. The Bertz CT molecular complexity index is 892. The number of alkyl halides is 4. The van der Waals surface area contributed by atoms with Crippen molar-refractivity contribution in [2.75, 3.05) is 5.32 Å². The molecule has 0 unspecified atom stereocenters. The second-order valence-electron chi connectivity index (χ2n) is 9.60. The highest BCUT2D eigenvalue weighted by molar-refractivity contribution is 9.10. The summed E-state index contributed by atoms with van der Waals surface area (Å²) in [7, 11) is 0. The second-order valence-corrected chi connectivity index (χ2v) is 11.7. The zero-order chi connectivity index (χ0) is 22.6. The van der Waals surface area contributed by atoms with Crippen LogP contribution in [0.25, 0.3) is 0 Å². The summed E-state index contributed by atoms with van der Waals surface area (Å²) in [6, 6.07) is 2.67. The maximum absolute atomic E-state index is 12.9. The van der Waals surface area contributed by atoms with Crippen LogP contribution in [0.2, 0.25) is 5.02 Å². The fraction of sp³-hybridized carbons (Fsp3) is 0.636. The minimum atomic E-state index is -4.56. The predicted molar refractivity (Wildman–Crippen MR) is 114 cm³/mol. The fourth-order valence-corrected chi connectivity index (χ4v) is 7.85. The summed E-state index contributed by atoms with van der Waals surface area (Å²) in [5.41, 5.74) is -1.19. The van der Waals surface area contributed by atoms with E-state index in [1.54, 1.807) is 0 Å². The molecule has 170 valence electrons. The summed E-state index contributed by atoms with van der Waals surface area (Å²) in [5, 5.41) is 2.31. The average Bonchev–Trinajstić information content (AvgIpc) is 2.59. The largest absolute Gasteiger partial charge is 0.453 e. The van der Waals surface area contributed by atoms with Crippen molar-refractivity contribution in [3.05, 3.63) is 28.8 Å². The molecular formula is C22H24BrClF3NO3. The third-order valence-corrected chi connectivity index (χ3v) is 8.12. The van der Waals surface area contributed by atoms with E-state index in [4.69, 9.17) is 16.3 Å². The Kier molecular flexibility index (Phi) is 5.86. The molecule has 4 aliphatic carbocycles. The maximum atomic E-state index is 12.9. The zero-order valence-corrected chi connectivity index (χ0v) is 19.4. The molecule has 3 atom stereocenters. The molecule has 0 aromatic heterocycles. The quantitative estimate of drug-likeness (QED) is 0.362. The van der Waals surface area contributed by atoms with E-state index in [2.05, 4.69) is 21.2 Å². The van der Waals surface area contributed by atoms with Gasteiger partial charge in [-0.15, -0.1) is 0 Å². The number of nitrogens with one attached hydrogen (secondary N) is 1. The Morgan fingerprint density at radius 1 is 1.26 bits per heavy atom. The van der Waals surface area contributed by atoms with Crippen LogP contribution >= 0.6 is 27.5 Å². The molecule has 0 aliphatic heterocycles. The first kappa shape index (κ1) is 22.9. The van der Waals surface area contributed by atoms with Crippen molar-refractivity contribution in [3.8, 4) is 0 Å². The van der Waals surface area contributed by atoms with Crippen molar-refractivity contribution >= 4 is 45.1 Å². The molecule has 4 aliphatic rings.